The number of benzene rings is 2. The average molecular weight is 471 g/mol. The van der Waals surface area contributed by atoms with Gasteiger partial charge in [-0.2, -0.15) is 23.3 Å². The van der Waals surface area contributed by atoms with Gasteiger partial charge < -0.3 is 9.84 Å². The number of ether oxygens (including phenoxy) is 1. The topological polar surface area (TPSA) is 75.0 Å². The van der Waals surface area contributed by atoms with Crippen molar-refractivity contribution in [2.45, 2.75) is 45.0 Å². The van der Waals surface area contributed by atoms with Crippen LogP contribution in [0.15, 0.2) is 59.7 Å². The van der Waals surface area contributed by atoms with Crippen LogP contribution in [0.2, 0.25) is 0 Å². The first-order valence-corrected chi connectivity index (χ1v) is 10.9. The van der Waals surface area contributed by atoms with E-state index < -0.39 is 24.2 Å². The summed E-state index contributed by atoms with van der Waals surface area (Å²) in [4.78, 5) is 18.0. The second-order valence-electron chi connectivity index (χ2n) is 8.24. The van der Waals surface area contributed by atoms with Gasteiger partial charge in [0.15, 0.2) is 0 Å². The number of hydrazone groups is 1. The Morgan fingerprint density at radius 3 is 2.56 bits per heavy atom. The van der Waals surface area contributed by atoms with Gasteiger partial charge in [-0.15, -0.1) is 0 Å². The van der Waals surface area contributed by atoms with Gasteiger partial charge in [0.25, 0.3) is 11.6 Å². The van der Waals surface area contributed by atoms with Crippen molar-refractivity contribution in [1.82, 2.24) is 9.99 Å². The average Bonchev–Trinajstić information content (AvgIpc) is 3.14. The number of nitrogens with zero attached hydrogens (tertiary/aromatic N) is 3. The summed E-state index contributed by atoms with van der Waals surface area (Å²) in [5.74, 6) is -0.373. The summed E-state index contributed by atoms with van der Waals surface area (Å²) in [6, 6.07) is 15.2. The van der Waals surface area contributed by atoms with Gasteiger partial charge in [-0.1, -0.05) is 31.5 Å². The third-order valence-electron chi connectivity index (χ3n) is 5.63. The van der Waals surface area contributed by atoms with E-state index in [-0.39, 0.29) is 16.3 Å². The van der Waals surface area contributed by atoms with Gasteiger partial charge in [0.05, 0.1) is 23.4 Å². The van der Waals surface area contributed by atoms with Crippen LogP contribution in [-0.4, -0.2) is 45.2 Å². The minimum absolute atomic E-state index is 0.00502. The van der Waals surface area contributed by atoms with Crippen molar-refractivity contribution in [3.63, 3.8) is 0 Å². The smallest absolute Gasteiger partial charge is 0.438 e. The summed E-state index contributed by atoms with van der Waals surface area (Å²) in [5, 5.41) is 14.6. The summed E-state index contributed by atoms with van der Waals surface area (Å²) >= 11 is 0. The SMILES string of the molecule is CCCCOc1ccc(-c2cc(C(=O)N3N=C(C)C[C@@]3(O)C(F)(F)F)c3ccccc3n2)cc1. The molecule has 6 nitrogen and oxygen atoms in total. The van der Waals surface area contributed by atoms with Crippen LogP contribution in [0.5, 0.6) is 5.75 Å². The van der Waals surface area contributed by atoms with E-state index in [4.69, 9.17) is 4.74 Å². The zero-order chi connectivity index (χ0) is 24.5. The molecule has 178 valence electrons. The Morgan fingerprint density at radius 1 is 1.18 bits per heavy atom. The second-order valence-corrected chi connectivity index (χ2v) is 8.24. The van der Waals surface area contributed by atoms with Gasteiger partial charge in [0, 0.05) is 23.1 Å². The maximum Gasteiger partial charge on any atom is 0.438 e. The van der Waals surface area contributed by atoms with E-state index in [1.807, 2.05) is 0 Å². The van der Waals surface area contributed by atoms with Gasteiger partial charge in [0.1, 0.15) is 5.75 Å². The highest BCUT2D eigenvalue weighted by atomic mass is 19.4. The van der Waals surface area contributed by atoms with Gasteiger partial charge >= 0.3 is 6.18 Å². The van der Waals surface area contributed by atoms with E-state index >= 15 is 0 Å². The van der Waals surface area contributed by atoms with E-state index in [9.17, 15) is 23.1 Å². The molecule has 2 aromatic carbocycles. The Hall–Kier alpha value is -3.46. The molecule has 0 saturated carbocycles. The quantitative estimate of drug-likeness (QED) is 0.478. The lowest BCUT2D eigenvalue weighted by Gasteiger charge is -2.32. The first kappa shape index (κ1) is 23.7. The molecule has 0 bridgehead atoms. The predicted octanol–water partition coefficient (Wildman–Crippen LogP) is 5.55. The number of hydrogen-bond acceptors (Lipinski definition) is 5. The zero-order valence-electron chi connectivity index (χ0n) is 18.8. The first-order chi connectivity index (χ1) is 16.1. The highest BCUT2D eigenvalue weighted by Gasteiger charge is 2.62. The number of pyridine rings is 1. The Balaban J connectivity index is 1.76. The number of aliphatic hydroxyl groups is 1. The Labute approximate surface area is 194 Å². The van der Waals surface area contributed by atoms with E-state index in [0.717, 1.165) is 12.8 Å². The fourth-order valence-corrected chi connectivity index (χ4v) is 3.82. The van der Waals surface area contributed by atoms with Crippen molar-refractivity contribution >= 4 is 22.5 Å². The van der Waals surface area contributed by atoms with Crippen LogP contribution in [0.3, 0.4) is 0 Å². The maximum absolute atomic E-state index is 13.7. The number of alkyl halides is 3. The molecule has 1 aliphatic rings. The Morgan fingerprint density at radius 2 is 1.88 bits per heavy atom. The standard InChI is InChI=1S/C25H24F3N3O3/c1-3-4-13-34-18-11-9-17(10-12-18)22-14-20(19-7-5-6-8-21(19)29-22)23(32)31-24(33,25(26,27)28)15-16(2)30-31/h5-12,14,33H,3-4,13,15H2,1-2H3/t24-/m1/s1. The summed E-state index contributed by atoms with van der Waals surface area (Å²) in [6.07, 6.45) is -3.94. The van der Waals surface area contributed by atoms with Crippen LogP contribution in [0.4, 0.5) is 13.2 Å². The molecule has 1 amide bonds. The molecule has 1 aromatic heterocycles. The lowest BCUT2D eigenvalue weighted by Crippen LogP contribution is -2.56. The van der Waals surface area contributed by atoms with Crippen molar-refractivity contribution in [2.75, 3.05) is 6.61 Å². The van der Waals surface area contributed by atoms with Crippen LogP contribution in [-0.2, 0) is 0 Å². The third-order valence-corrected chi connectivity index (χ3v) is 5.63. The van der Waals surface area contributed by atoms with Crippen LogP contribution in [0, 0.1) is 0 Å². The molecule has 1 N–H and O–H groups in total. The Bertz CT molecular complexity index is 1240. The van der Waals surface area contributed by atoms with Crippen molar-refractivity contribution in [3.05, 3.63) is 60.2 Å². The number of para-hydroxylation sites is 1. The molecule has 0 saturated heterocycles. The molecule has 0 fully saturated rings. The van der Waals surface area contributed by atoms with Gasteiger partial charge in [-0.05, 0) is 49.7 Å². The maximum atomic E-state index is 13.7. The van der Waals surface area contributed by atoms with E-state index in [2.05, 4.69) is 17.0 Å². The largest absolute Gasteiger partial charge is 0.494 e. The number of rotatable bonds is 6. The third kappa shape index (κ3) is 4.35. The fourth-order valence-electron chi connectivity index (χ4n) is 3.82. The molecule has 4 rings (SSSR count). The van der Waals surface area contributed by atoms with E-state index in [0.29, 0.717) is 34.5 Å². The molecule has 0 spiro atoms. The second kappa shape index (κ2) is 9.06. The summed E-state index contributed by atoms with van der Waals surface area (Å²) in [6.45, 7) is 4.01. The normalized spacial score (nSPS) is 18.3. The van der Waals surface area contributed by atoms with Crippen LogP contribution < -0.4 is 4.74 Å². The number of fused-ring (bicyclic) bond motifs is 1. The first-order valence-electron chi connectivity index (χ1n) is 10.9. The van der Waals surface area contributed by atoms with Crippen molar-refractivity contribution in [2.24, 2.45) is 5.10 Å². The number of hydrogen-bond donors (Lipinski definition) is 1. The summed E-state index contributed by atoms with van der Waals surface area (Å²) in [7, 11) is 0. The molecule has 0 unspecified atom stereocenters. The van der Waals surface area contributed by atoms with Gasteiger partial charge in [0.2, 0.25) is 0 Å². The van der Waals surface area contributed by atoms with E-state index in [1.165, 1.54) is 13.0 Å². The molecule has 2 heterocycles. The lowest BCUT2D eigenvalue weighted by atomic mass is 10.0. The summed E-state index contributed by atoms with van der Waals surface area (Å²) < 4.78 is 46.8. The molecule has 9 heteroatoms. The summed E-state index contributed by atoms with van der Waals surface area (Å²) in [5.41, 5.74) is -1.94. The monoisotopic (exact) mass is 471 g/mol. The van der Waals surface area contributed by atoms with Crippen molar-refractivity contribution < 1.29 is 27.8 Å². The van der Waals surface area contributed by atoms with E-state index in [1.54, 1.807) is 48.5 Å². The molecule has 3 aromatic rings. The number of carbonyl (C=O) groups is 1. The molecule has 0 radical (unpaired) electrons. The predicted molar refractivity (Wildman–Crippen MR) is 122 cm³/mol. The fraction of sp³-hybridized carbons (Fsp3) is 0.320. The van der Waals surface area contributed by atoms with Crippen LogP contribution in [0.1, 0.15) is 43.5 Å². The molecule has 34 heavy (non-hydrogen) atoms. The minimum Gasteiger partial charge on any atom is -0.494 e. The van der Waals surface area contributed by atoms with Crippen molar-refractivity contribution in [3.8, 4) is 17.0 Å². The zero-order valence-corrected chi connectivity index (χ0v) is 18.8. The number of aromatic nitrogens is 1. The van der Waals surface area contributed by atoms with Crippen LogP contribution in [0.25, 0.3) is 22.2 Å². The minimum atomic E-state index is -5.08. The highest BCUT2D eigenvalue weighted by molar-refractivity contribution is 6.08. The number of unbranched alkanes of at least 4 members (excludes halogenated alkanes) is 1. The van der Waals surface area contributed by atoms with Crippen LogP contribution >= 0.6 is 0 Å². The number of amides is 1. The molecular weight excluding hydrogens is 447 g/mol. The Kier molecular flexibility index (Phi) is 6.31. The lowest BCUT2D eigenvalue weighted by molar-refractivity contribution is -0.297. The molecule has 1 atom stereocenters. The van der Waals surface area contributed by atoms with Gasteiger partial charge in [-0.3, -0.25) is 4.79 Å². The number of halogens is 3. The molecule has 1 aliphatic heterocycles. The van der Waals surface area contributed by atoms with Gasteiger partial charge in [-0.25, -0.2) is 4.98 Å². The van der Waals surface area contributed by atoms with Crippen molar-refractivity contribution in [1.29, 1.82) is 0 Å². The molecule has 0 aliphatic carbocycles. The number of carbonyl (C=O) groups excluding carboxylic acids is 1. The highest BCUT2D eigenvalue weighted by Crippen LogP contribution is 2.41. The molecular formula is C25H24F3N3O3.